The standard InChI is InChI=1S/C21H21FN2O4S/c1-26-17-8-6-14(11-15(17)22)16-12-29-21(23-16)24-20(25)9-5-13-4-7-18(27-2)19(10-13)28-3/h4,6-8,10-12H,5,9H2,1-3H3,(H,23,24,25). The summed E-state index contributed by atoms with van der Waals surface area (Å²) in [5.41, 5.74) is 2.17. The van der Waals surface area contributed by atoms with Gasteiger partial charge in [-0.05, 0) is 42.3 Å². The lowest BCUT2D eigenvalue weighted by Gasteiger charge is -2.09. The van der Waals surface area contributed by atoms with Crippen molar-refractivity contribution in [1.82, 2.24) is 4.98 Å². The van der Waals surface area contributed by atoms with Crippen LogP contribution >= 0.6 is 11.3 Å². The molecule has 0 unspecified atom stereocenters. The highest BCUT2D eigenvalue weighted by Crippen LogP contribution is 2.29. The molecule has 0 saturated carbocycles. The first-order valence-electron chi connectivity index (χ1n) is 8.84. The molecule has 1 aromatic heterocycles. The van der Waals surface area contributed by atoms with Crippen molar-refractivity contribution in [2.75, 3.05) is 26.6 Å². The van der Waals surface area contributed by atoms with Gasteiger partial charge in [0.25, 0.3) is 0 Å². The number of halogens is 1. The van der Waals surface area contributed by atoms with Crippen LogP contribution in [0.2, 0.25) is 0 Å². The molecular weight excluding hydrogens is 395 g/mol. The third-order valence-corrected chi connectivity index (χ3v) is 5.04. The van der Waals surface area contributed by atoms with Gasteiger partial charge in [0.1, 0.15) is 0 Å². The Morgan fingerprint density at radius 3 is 2.45 bits per heavy atom. The second-order valence-electron chi connectivity index (χ2n) is 6.12. The van der Waals surface area contributed by atoms with Gasteiger partial charge in [-0.3, -0.25) is 4.79 Å². The molecule has 0 bridgehead atoms. The maximum absolute atomic E-state index is 13.9. The number of nitrogens with zero attached hydrogens (tertiary/aromatic N) is 1. The van der Waals surface area contributed by atoms with Gasteiger partial charge in [0.05, 0.1) is 27.0 Å². The van der Waals surface area contributed by atoms with Gasteiger partial charge < -0.3 is 19.5 Å². The third-order valence-electron chi connectivity index (χ3n) is 4.29. The number of aromatic nitrogens is 1. The summed E-state index contributed by atoms with van der Waals surface area (Å²) in [7, 11) is 4.56. The van der Waals surface area contributed by atoms with Crippen LogP contribution in [0.25, 0.3) is 11.3 Å². The SMILES string of the molecule is COc1ccc(-c2csc(NC(=O)CCc3ccc(OC)c(OC)c3)n2)cc1F. The van der Waals surface area contributed by atoms with E-state index < -0.39 is 5.82 Å². The van der Waals surface area contributed by atoms with E-state index in [0.717, 1.165) is 5.56 Å². The van der Waals surface area contributed by atoms with E-state index in [-0.39, 0.29) is 11.7 Å². The molecule has 8 heteroatoms. The molecule has 1 N–H and O–H groups in total. The van der Waals surface area contributed by atoms with Crippen molar-refractivity contribution < 1.29 is 23.4 Å². The van der Waals surface area contributed by atoms with Crippen LogP contribution in [0, 0.1) is 5.82 Å². The van der Waals surface area contributed by atoms with Crippen LogP contribution in [0.4, 0.5) is 9.52 Å². The average Bonchev–Trinajstić information content (AvgIpc) is 3.20. The number of carbonyl (C=O) groups is 1. The monoisotopic (exact) mass is 416 g/mol. The minimum absolute atomic E-state index is 0.151. The molecule has 0 atom stereocenters. The summed E-state index contributed by atoms with van der Waals surface area (Å²) < 4.78 is 29.3. The number of nitrogens with one attached hydrogen (secondary N) is 1. The smallest absolute Gasteiger partial charge is 0.226 e. The molecule has 2 aromatic carbocycles. The fourth-order valence-electron chi connectivity index (χ4n) is 2.77. The van der Waals surface area contributed by atoms with Crippen LogP contribution in [0.15, 0.2) is 41.8 Å². The van der Waals surface area contributed by atoms with Crippen LogP contribution in [0.3, 0.4) is 0 Å². The van der Waals surface area contributed by atoms with E-state index in [1.165, 1.54) is 24.5 Å². The number of rotatable bonds is 8. The van der Waals surface area contributed by atoms with Crippen LogP contribution in [0.1, 0.15) is 12.0 Å². The number of carbonyl (C=O) groups excluding carboxylic acids is 1. The van der Waals surface area contributed by atoms with E-state index in [9.17, 15) is 9.18 Å². The Bertz CT molecular complexity index is 1010. The summed E-state index contributed by atoms with van der Waals surface area (Å²) in [6, 6.07) is 10.2. The number of aryl methyl sites for hydroxylation is 1. The Morgan fingerprint density at radius 1 is 1.03 bits per heavy atom. The van der Waals surface area contributed by atoms with Gasteiger partial charge in [0.15, 0.2) is 28.2 Å². The highest BCUT2D eigenvalue weighted by molar-refractivity contribution is 7.14. The Labute approximate surface area is 172 Å². The topological polar surface area (TPSA) is 69.7 Å². The highest BCUT2D eigenvalue weighted by Gasteiger charge is 2.11. The van der Waals surface area contributed by atoms with Gasteiger partial charge in [-0.1, -0.05) is 6.07 Å². The lowest BCUT2D eigenvalue weighted by atomic mass is 10.1. The molecule has 0 saturated heterocycles. The van der Waals surface area contributed by atoms with Gasteiger partial charge in [0, 0.05) is 17.4 Å². The highest BCUT2D eigenvalue weighted by atomic mass is 32.1. The van der Waals surface area contributed by atoms with E-state index in [4.69, 9.17) is 14.2 Å². The molecule has 29 heavy (non-hydrogen) atoms. The van der Waals surface area contributed by atoms with Crippen LogP contribution < -0.4 is 19.5 Å². The molecule has 0 aliphatic carbocycles. The fraction of sp³-hybridized carbons (Fsp3) is 0.238. The van der Waals surface area contributed by atoms with Crippen molar-refractivity contribution in [2.24, 2.45) is 0 Å². The minimum atomic E-state index is -0.460. The molecule has 3 aromatic rings. The molecular formula is C21H21FN2O4S. The zero-order valence-corrected chi connectivity index (χ0v) is 17.1. The van der Waals surface area contributed by atoms with E-state index in [0.29, 0.717) is 40.7 Å². The van der Waals surface area contributed by atoms with Gasteiger partial charge in [-0.15, -0.1) is 11.3 Å². The Hall–Kier alpha value is -3.13. The Kier molecular flexibility index (Phi) is 6.66. The molecule has 0 aliphatic heterocycles. The molecule has 0 spiro atoms. The number of amides is 1. The van der Waals surface area contributed by atoms with Crippen LogP contribution in [-0.2, 0) is 11.2 Å². The maximum Gasteiger partial charge on any atom is 0.226 e. The molecule has 1 heterocycles. The van der Waals surface area contributed by atoms with E-state index >= 15 is 0 Å². The van der Waals surface area contributed by atoms with Crippen molar-refractivity contribution in [2.45, 2.75) is 12.8 Å². The summed E-state index contributed by atoms with van der Waals surface area (Å²) in [6.45, 7) is 0. The maximum atomic E-state index is 13.9. The first-order chi connectivity index (χ1) is 14.0. The lowest BCUT2D eigenvalue weighted by molar-refractivity contribution is -0.116. The van der Waals surface area contributed by atoms with Crippen molar-refractivity contribution in [3.05, 3.63) is 53.2 Å². The Balaban J connectivity index is 1.60. The van der Waals surface area contributed by atoms with Crippen molar-refractivity contribution in [1.29, 1.82) is 0 Å². The average molecular weight is 416 g/mol. The lowest BCUT2D eigenvalue weighted by Crippen LogP contribution is -2.12. The van der Waals surface area contributed by atoms with E-state index in [1.807, 2.05) is 18.2 Å². The van der Waals surface area contributed by atoms with Gasteiger partial charge in [-0.25, -0.2) is 9.37 Å². The Morgan fingerprint density at radius 2 is 1.76 bits per heavy atom. The largest absolute Gasteiger partial charge is 0.494 e. The van der Waals surface area contributed by atoms with Gasteiger partial charge in [-0.2, -0.15) is 0 Å². The normalized spacial score (nSPS) is 10.5. The van der Waals surface area contributed by atoms with Gasteiger partial charge >= 0.3 is 0 Å². The van der Waals surface area contributed by atoms with Crippen molar-refractivity contribution in [3.8, 4) is 28.5 Å². The van der Waals surface area contributed by atoms with E-state index in [2.05, 4.69) is 10.3 Å². The summed E-state index contributed by atoms with van der Waals surface area (Å²) >= 11 is 1.29. The minimum Gasteiger partial charge on any atom is -0.494 e. The second kappa shape index (κ2) is 9.38. The number of hydrogen-bond donors (Lipinski definition) is 1. The molecule has 152 valence electrons. The molecule has 0 radical (unpaired) electrons. The predicted octanol–water partition coefficient (Wildman–Crippen LogP) is 4.55. The van der Waals surface area contributed by atoms with Crippen molar-refractivity contribution >= 4 is 22.4 Å². The quantitative estimate of drug-likeness (QED) is 0.584. The molecule has 0 fully saturated rings. The van der Waals surface area contributed by atoms with Gasteiger partial charge in [0.2, 0.25) is 5.91 Å². The summed E-state index contributed by atoms with van der Waals surface area (Å²) in [4.78, 5) is 16.6. The molecule has 6 nitrogen and oxygen atoms in total. The van der Waals surface area contributed by atoms with Crippen molar-refractivity contribution in [3.63, 3.8) is 0 Å². The second-order valence-corrected chi connectivity index (χ2v) is 6.98. The number of benzene rings is 2. The molecule has 3 rings (SSSR count). The summed E-state index contributed by atoms with van der Waals surface area (Å²) in [5.74, 6) is 0.834. The number of thiazole rings is 1. The number of hydrogen-bond acceptors (Lipinski definition) is 6. The number of anilines is 1. The summed E-state index contributed by atoms with van der Waals surface area (Å²) in [5, 5.41) is 5.02. The molecule has 0 aliphatic rings. The van der Waals surface area contributed by atoms with Crippen LogP contribution in [0.5, 0.6) is 17.2 Å². The first kappa shape index (κ1) is 20.6. The summed E-state index contributed by atoms with van der Waals surface area (Å²) in [6.07, 6.45) is 0.843. The number of methoxy groups -OCH3 is 3. The van der Waals surface area contributed by atoms with E-state index in [1.54, 1.807) is 31.7 Å². The zero-order valence-electron chi connectivity index (χ0n) is 16.3. The third kappa shape index (κ3) is 5.03. The molecule has 1 amide bonds. The zero-order chi connectivity index (χ0) is 20.8. The first-order valence-corrected chi connectivity index (χ1v) is 9.72. The fourth-order valence-corrected chi connectivity index (χ4v) is 3.50. The van der Waals surface area contributed by atoms with Crippen LogP contribution in [-0.4, -0.2) is 32.2 Å². The number of ether oxygens (including phenoxy) is 3. The predicted molar refractivity (Wildman–Crippen MR) is 111 cm³/mol.